The Morgan fingerprint density at radius 2 is 1.84 bits per heavy atom. The SMILES string of the molecule is O=C1CCOCC1C(=O)c1cc(F)c(F)c(F)c1F. The van der Waals surface area contributed by atoms with Gasteiger partial charge in [-0.05, 0) is 6.07 Å². The molecule has 1 aliphatic rings. The zero-order valence-electron chi connectivity index (χ0n) is 9.51. The van der Waals surface area contributed by atoms with Gasteiger partial charge in [0.25, 0.3) is 0 Å². The van der Waals surface area contributed by atoms with Crippen molar-refractivity contribution < 1.29 is 31.9 Å². The van der Waals surface area contributed by atoms with Crippen LogP contribution in [0.4, 0.5) is 17.6 Å². The fraction of sp³-hybridized carbons (Fsp3) is 0.333. The Morgan fingerprint density at radius 1 is 1.16 bits per heavy atom. The molecular weight excluding hydrogens is 268 g/mol. The van der Waals surface area contributed by atoms with Gasteiger partial charge < -0.3 is 4.74 Å². The van der Waals surface area contributed by atoms with E-state index in [1.54, 1.807) is 0 Å². The third kappa shape index (κ3) is 2.37. The minimum absolute atomic E-state index is 0.0375. The number of hydrogen-bond donors (Lipinski definition) is 0. The minimum Gasteiger partial charge on any atom is -0.380 e. The quantitative estimate of drug-likeness (QED) is 0.273. The van der Waals surface area contributed by atoms with Gasteiger partial charge in [0.2, 0.25) is 0 Å². The van der Waals surface area contributed by atoms with Crippen molar-refractivity contribution in [2.75, 3.05) is 13.2 Å². The molecular formula is C12H8F4O3. The van der Waals surface area contributed by atoms with Gasteiger partial charge in [-0.1, -0.05) is 0 Å². The standard InChI is InChI=1S/C12H8F4O3/c13-7-3-5(9(14)11(16)10(7)15)12(18)6-4-19-2-1-8(6)17/h3,6H,1-2,4H2. The van der Waals surface area contributed by atoms with Gasteiger partial charge >= 0.3 is 0 Å². The number of rotatable bonds is 2. The molecule has 0 saturated carbocycles. The van der Waals surface area contributed by atoms with Crippen molar-refractivity contribution in [3.05, 3.63) is 34.9 Å². The van der Waals surface area contributed by atoms with Gasteiger partial charge in [0.1, 0.15) is 11.7 Å². The zero-order valence-corrected chi connectivity index (χ0v) is 9.51. The summed E-state index contributed by atoms with van der Waals surface area (Å²) in [4.78, 5) is 23.3. The number of carbonyl (C=O) groups excluding carboxylic acids is 2. The Hall–Kier alpha value is -1.76. The first-order valence-electron chi connectivity index (χ1n) is 5.41. The smallest absolute Gasteiger partial charge is 0.198 e. The second-order valence-electron chi connectivity index (χ2n) is 4.06. The monoisotopic (exact) mass is 276 g/mol. The number of ketones is 2. The maximum Gasteiger partial charge on any atom is 0.198 e. The van der Waals surface area contributed by atoms with Gasteiger partial charge in [-0.15, -0.1) is 0 Å². The molecule has 19 heavy (non-hydrogen) atoms. The van der Waals surface area contributed by atoms with Gasteiger partial charge in [0.05, 0.1) is 18.8 Å². The van der Waals surface area contributed by atoms with E-state index in [1.807, 2.05) is 0 Å². The Bertz CT molecular complexity index is 556. The van der Waals surface area contributed by atoms with E-state index in [9.17, 15) is 27.2 Å². The van der Waals surface area contributed by atoms with Gasteiger partial charge in [-0.25, -0.2) is 17.6 Å². The van der Waals surface area contributed by atoms with Crippen LogP contribution in [0.2, 0.25) is 0 Å². The highest BCUT2D eigenvalue weighted by molar-refractivity contribution is 6.11. The van der Waals surface area contributed by atoms with Gasteiger partial charge in [0, 0.05) is 6.42 Å². The first-order chi connectivity index (χ1) is 8.93. The predicted octanol–water partition coefficient (Wildman–Crippen LogP) is 2.03. The maximum absolute atomic E-state index is 13.4. The molecule has 3 nitrogen and oxygen atoms in total. The minimum atomic E-state index is -2.08. The van der Waals surface area contributed by atoms with E-state index in [4.69, 9.17) is 4.74 Å². The van der Waals surface area contributed by atoms with Crippen LogP contribution in [-0.4, -0.2) is 24.8 Å². The second kappa shape index (κ2) is 5.08. The number of hydrogen-bond acceptors (Lipinski definition) is 3. The molecule has 1 saturated heterocycles. The summed E-state index contributed by atoms with van der Waals surface area (Å²) in [6.45, 7) is -0.144. The topological polar surface area (TPSA) is 43.4 Å². The van der Waals surface area contributed by atoms with Gasteiger partial charge in [-0.2, -0.15) is 0 Å². The van der Waals surface area contributed by atoms with Crippen molar-refractivity contribution in [2.24, 2.45) is 5.92 Å². The molecule has 0 aromatic heterocycles. The molecule has 0 spiro atoms. The Morgan fingerprint density at radius 3 is 2.47 bits per heavy atom. The van der Waals surface area contributed by atoms with E-state index in [-0.39, 0.29) is 25.7 Å². The van der Waals surface area contributed by atoms with Gasteiger partial charge in [-0.3, -0.25) is 9.59 Å². The first-order valence-corrected chi connectivity index (χ1v) is 5.41. The Balaban J connectivity index is 2.41. The lowest BCUT2D eigenvalue weighted by Crippen LogP contribution is -2.34. The summed E-state index contributed by atoms with van der Waals surface area (Å²) in [5.41, 5.74) is -0.986. The lowest BCUT2D eigenvalue weighted by atomic mass is 9.91. The average Bonchev–Trinajstić information content (AvgIpc) is 2.40. The normalized spacial score (nSPS) is 19.6. The van der Waals surface area contributed by atoms with E-state index in [2.05, 4.69) is 0 Å². The highest BCUT2D eigenvalue weighted by Gasteiger charge is 2.34. The van der Waals surface area contributed by atoms with Crippen LogP contribution in [0.3, 0.4) is 0 Å². The molecule has 1 aromatic rings. The summed E-state index contributed by atoms with van der Waals surface area (Å²) in [6, 6.07) is 0.248. The van der Waals surface area contributed by atoms with Crippen LogP contribution >= 0.6 is 0 Å². The lowest BCUT2D eigenvalue weighted by Gasteiger charge is -2.20. The van der Waals surface area contributed by atoms with Crippen LogP contribution in [0.15, 0.2) is 6.07 Å². The molecule has 0 amide bonds. The predicted molar refractivity (Wildman–Crippen MR) is 54.5 cm³/mol. The van der Waals surface area contributed by atoms with Crippen LogP contribution in [0, 0.1) is 29.2 Å². The summed E-state index contributed by atoms with van der Waals surface area (Å²) in [6.07, 6.45) is -0.0375. The van der Waals surface area contributed by atoms with Crippen LogP contribution in [0.25, 0.3) is 0 Å². The van der Waals surface area contributed by atoms with Gasteiger partial charge in [0.15, 0.2) is 29.1 Å². The molecule has 1 atom stereocenters. The summed E-state index contributed by atoms with van der Waals surface area (Å²) < 4.78 is 57.1. The molecule has 1 heterocycles. The van der Waals surface area contributed by atoms with Crippen LogP contribution < -0.4 is 0 Å². The molecule has 7 heteroatoms. The molecule has 0 radical (unpaired) electrons. The molecule has 0 N–H and O–H groups in total. The van der Waals surface area contributed by atoms with Crippen molar-refractivity contribution in [3.63, 3.8) is 0 Å². The zero-order chi connectivity index (χ0) is 14.2. The largest absolute Gasteiger partial charge is 0.380 e. The highest BCUT2D eigenvalue weighted by atomic mass is 19.2. The van der Waals surface area contributed by atoms with Crippen molar-refractivity contribution in [1.29, 1.82) is 0 Å². The third-order valence-corrected chi connectivity index (χ3v) is 2.85. The van der Waals surface area contributed by atoms with E-state index in [1.165, 1.54) is 0 Å². The van der Waals surface area contributed by atoms with E-state index >= 15 is 0 Å². The lowest BCUT2D eigenvalue weighted by molar-refractivity contribution is -0.128. The van der Waals surface area contributed by atoms with Crippen LogP contribution in [0.5, 0.6) is 0 Å². The Labute approximate surface area is 105 Å². The van der Waals surface area contributed by atoms with E-state index < -0.39 is 46.3 Å². The third-order valence-electron chi connectivity index (χ3n) is 2.85. The second-order valence-corrected chi connectivity index (χ2v) is 4.06. The molecule has 1 unspecified atom stereocenters. The molecule has 1 fully saturated rings. The molecule has 0 aliphatic carbocycles. The average molecular weight is 276 g/mol. The van der Waals surface area contributed by atoms with Crippen molar-refractivity contribution >= 4 is 11.6 Å². The fourth-order valence-corrected chi connectivity index (χ4v) is 1.80. The van der Waals surface area contributed by atoms with Crippen molar-refractivity contribution in [1.82, 2.24) is 0 Å². The summed E-state index contributed by atoms with van der Waals surface area (Å²) in [7, 11) is 0. The molecule has 0 bridgehead atoms. The summed E-state index contributed by atoms with van der Waals surface area (Å²) >= 11 is 0. The van der Waals surface area contributed by atoms with Crippen LogP contribution in [0.1, 0.15) is 16.8 Å². The van der Waals surface area contributed by atoms with Crippen molar-refractivity contribution in [3.8, 4) is 0 Å². The maximum atomic E-state index is 13.4. The molecule has 2 rings (SSSR count). The van der Waals surface area contributed by atoms with Crippen molar-refractivity contribution in [2.45, 2.75) is 6.42 Å². The number of ether oxygens (including phenoxy) is 1. The number of carbonyl (C=O) groups is 2. The first kappa shape index (κ1) is 13.7. The van der Waals surface area contributed by atoms with E-state index in [0.717, 1.165) is 0 Å². The molecule has 102 valence electrons. The van der Waals surface area contributed by atoms with Crippen LogP contribution in [-0.2, 0) is 9.53 Å². The Kier molecular flexibility index (Phi) is 3.66. The highest BCUT2D eigenvalue weighted by Crippen LogP contribution is 2.23. The number of halogens is 4. The summed E-state index contributed by atoms with van der Waals surface area (Å²) in [5, 5.41) is 0. The molecule has 1 aliphatic heterocycles. The summed E-state index contributed by atoms with van der Waals surface area (Å²) in [5.74, 6) is -10.5. The van der Waals surface area contributed by atoms with E-state index in [0.29, 0.717) is 0 Å². The molecule has 1 aromatic carbocycles. The number of Topliss-reactive ketones (excluding diaryl/α,β-unsaturated/α-hetero) is 2. The number of benzene rings is 1. The fourth-order valence-electron chi connectivity index (χ4n) is 1.80.